The predicted octanol–water partition coefficient (Wildman–Crippen LogP) is 4.15. The van der Waals surface area contributed by atoms with E-state index < -0.39 is 0 Å². The summed E-state index contributed by atoms with van der Waals surface area (Å²) >= 11 is 5.22. The molecule has 1 heterocycles. The van der Waals surface area contributed by atoms with Gasteiger partial charge in [-0.3, -0.25) is 0 Å². The van der Waals surface area contributed by atoms with E-state index >= 15 is 0 Å². The van der Waals surface area contributed by atoms with Crippen LogP contribution < -0.4 is 5.32 Å². The molecule has 0 fully saturated rings. The lowest BCUT2D eigenvalue weighted by Crippen LogP contribution is -1.91. The Kier molecular flexibility index (Phi) is 3.84. The van der Waals surface area contributed by atoms with Gasteiger partial charge in [0.15, 0.2) is 5.13 Å². The minimum Gasteiger partial charge on any atom is -0.365 e. The van der Waals surface area contributed by atoms with Crippen LogP contribution in [0.5, 0.6) is 0 Å². The molecular weight excluding hydrogens is 296 g/mol. The fraction of sp³-hybridized carbons (Fsp3) is 0.308. The first-order valence-electron chi connectivity index (χ1n) is 5.49. The van der Waals surface area contributed by atoms with Crippen LogP contribution in [0.15, 0.2) is 22.8 Å². The summed E-state index contributed by atoms with van der Waals surface area (Å²) in [6.07, 6.45) is 0.938. The highest BCUT2D eigenvalue weighted by Crippen LogP contribution is 2.30. The molecule has 0 amide bonds. The van der Waals surface area contributed by atoms with E-state index in [4.69, 9.17) is 0 Å². The highest BCUT2D eigenvalue weighted by molar-refractivity contribution is 9.10. The average Bonchev–Trinajstić information content (AvgIpc) is 2.65. The van der Waals surface area contributed by atoms with Crippen molar-refractivity contribution in [3.8, 4) is 0 Å². The van der Waals surface area contributed by atoms with Crippen LogP contribution in [0.4, 0.5) is 5.13 Å². The highest BCUT2D eigenvalue weighted by Gasteiger charge is 2.10. The molecule has 2 rings (SSSR count). The Morgan fingerprint density at radius 2 is 2.12 bits per heavy atom. The third-order valence-corrected chi connectivity index (χ3v) is 4.71. The summed E-state index contributed by atoms with van der Waals surface area (Å²) in [6.45, 7) is 4.28. The largest absolute Gasteiger partial charge is 0.365 e. The minimum absolute atomic E-state index is 0.938. The van der Waals surface area contributed by atoms with E-state index in [-0.39, 0.29) is 0 Å². The van der Waals surface area contributed by atoms with Gasteiger partial charge in [0, 0.05) is 18.3 Å². The molecule has 17 heavy (non-hydrogen) atoms. The summed E-state index contributed by atoms with van der Waals surface area (Å²) < 4.78 is 0.952. The Hall–Kier alpha value is -0.870. The first kappa shape index (κ1) is 12.6. The number of nitrogens with zero attached hydrogens (tertiary/aromatic N) is 1. The van der Waals surface area contributed by atoms with Gasteiger partial charge in [-0.15, -0.1) is 11.3 Å². The lowest BCUT2D eigenvalue weighted by Gasteiger charge is -2.05. The molecule has 1 aromatic heterocycles. The fourth-order valence-corrected chi connectivity index (χ4v) is 3.22. The van der Waals surface area contributed by atoms with Gasteiger partial charge in [0.25, 0.3) is 0 Å². The zero-order valence-corrected chi connectivity index (χ0v) is 12.6. The number of aromatic nitrogens is 1. The number of halogens is 1. The molecule has 0 saturated heterocycles. The first-order valence-corrected chi connectivity index (χ1v) is 7.10. The zero-order valence-electron chi connectivity index (χ0n) is 10.2. The van der Waals surface area contributed by atoms with Gasteiger partial charge < -0.3 is 5.32 Å². The summed E-state index contributed by atoms with van der Waals surface area (Å²) in [5, 5.41) is 4.03. The predicted molar refractivity (Wildman–Crippen MR) is 78.1 cm³/mol. The van der Waals surface area contributed by atoms with Gasteiger partial charge in [0.2, 0.25) is 0 Å². The number of hydrogen-bond acceptors (Lipinski definition) is 3. The van der Waals surface area contributed by atoms with Gasteiger partial charge in [-0.25, -0.2) is 4.98 Å². The highest BCUT2D eigenvalue weighted by atomic mass is 79.9. The van der Waals surface area contributed by atoms with Gasteiger partial charge in [-0.05, 0) is 40.9 Å². The normalized spacial score (nSPS) is 10.6. The average molecular weight is 311 g/mol. The van der Waals surface area contributed by atoms with E-state index in [9.17, 15) is 0 Å². The number of benzene rings is 1. The van der Waals surface area contributed by atoms with Crippen molar-refractivity contribution in [3.63, 3.8) is 0 Å². The molecule has 1 aromatic carbocycles. The fourth-order valence-electron chi connectivity index (χ4n) is 1.71. The van der Waals surface area contributed by atoms with Crippen LogP contribution >= 0.6 is 27.3 Å². The van der Waals surface area contributed by atoms with Crippen molar-refractivity contribution in [1.82, 2.24) is 4.98 Å². The van der Waals surface area contributed by atoms with Crippen molar-refractivity contribution >= 4 is 32.4 Å². The van der Waals surface area contributed by atoms with Crippen LogP contribution in [-0.2, 0) is 6.42 Å². The number of rotatable bonds is 3. The molecule has 4 heteroatoms. The molecule has 90 valence electrons. The van der Waals surface area contributed by atoms with Crippen molar-refractivity contribution in [1.29, 1.82) is 0 Å². The standard InChI is InChI=1S/C13H15BrN2S/c1-8-4-5-9(2)10(6-8)7-11-12(14)16-13(15-3)17-11/h4-6H,7H2,1-3H3,(H,15,16). The third-order valence-electron chi connectivity index (χ3n) is 2.72. The Morgan fingerprint density at radius 3 is 2.76 bits per heavy atom. The Balaban J connectivity index is 2.30. The number of anilines is 1. The maximum Gasteiger partial charge on any atom is 0.183 e. The van der Waals surface area contributed by atoms with Crippen molar-refractivity contribution in [3.05, 3.63) is 44.4 Å². The second-order valence-electron chi connectivity index (χ2n) is 4.09. The molecule has 0 unspecified atom stereocenters. The molecule has 0 aliphatic carbocycles. The van der Waals surface area contributed by atoms with Crippen LogP contribution in [-0.4, -0.2) is 12.0 Å². The van der Waals surface area contributed by atoms with Crippen LogP contribution in [0.2, 0.25) is 0 Å². The van der Waals surface area contributed by atoms with Gasteiger partial charge in [-0.1, -0.05) is 23.8 Å². The van der Waals surface area contributed by atoms with Gasteiger partial charge in [0.1, 0.15) is 4.60 Å². The first-order chi connectivity index (χ1) is 8.10. The lowest BCUT2D eigenvalue weighted by atomic mass is 10.0. The SMILES string of the molecule is CNc1nc(Br)c(Cc2cc(C)ccc2C)s1. The third kappa shape index (κ3) is 2.87. The lowest BCUT2D eigenvalue weighted by molar-refractivity contribution is 1.15. The number of aryl methyl sites for hydroxylation is 2. The second-order valence-corrected chi connectivity index (χ2v) is 5.92. The maximum atomic E-state index is 4.40. The van der Waals surface area contributed by atoms with Crippen LogP contribution in [0.1, 0.15) is 21.6 Å². The zero-order chi connectivity index (χ0) is 12.4. The molecule has 0 saturated carbocycles. The molecule has 0 aliphatic heterocycles. The molecule has 2 aromatic rings. The monoisotopic (exact) mass is 310 g/mol. The molecule has 1 N–H and O–H groups in total. The van der Waals surface area contributed by atoms with Gasteiger partial charge in [-0.2, -0.15) is 0 Å². The molecule has 0 spiro atoms. The minimum atomic E-state index is 0.938. The molecule has 0 bridgehead atoms. The van der Waals surface area contributed by atoms with Crippen LogP contribution in [0, 0.1) is 13.8 Å². The molecular formula is C13H15BrN2S. The van der Waals surface area contributed by atoms with Crippen molar-refractivity contribution in [2.45, 2.75) is 20.3 Å². The van der Waals surface area contributed by atoms with Gasteiger partial charge in [0.05, 0.1) is 0 Å². The van der Waals surface area contributed by atoms with E-state index in [0.29, 0.717) is 0 Å². The number of nitrogens with one attached hydrogen (secondary N) is 1. The van der Waals surface area contributed by atoms with E-state index in [2.05, 4.69) is 58.3 Å². The van der Waals surface area contributed by atoms with Crippen molar-refractivity contribution in [2.75, 3.05) is 12.4 Å². The number of hydrogen-bond donors (Lipinski definition) is 1. The maximum absolute atomic E-state index is 4.40. The van der Waals surface area contributed by atoms with E-state index in [1.807, 2.05) is 7.05 Å². The topological polar surface area (TPSA) is 24.9 Å². The quantitative estimate of drug-likeness (QED) is 0.921. The summed E-state index contributed by atoms with van der Waals surface area (Å²) in [5.74, 6) is 0. The van der Waals surface area contributed by atoms with E-state index in [1.165, 1.54) is 21.6 Å². The Labute approximate surface area is 114 Å². The Bertz CT molecular complexity index is 534. The molecule has 0 radical (unpaired) electrons. The van der Waals surface area contributed by atoms with E-state index in [1.54, 1.807) is 11.3 Å². The molecule has 0 aliphatic rings. The van der Waals surface area contributed by atoms with Crippen molar-refractivity contribution < 1.29 is 0 Å². The summed E-state index contributed by atoms with van der Waals surface area (Å²) in [6, 6.07) is 6.58. The van der Waals surface area contributed by atoms with E-state index in [0.717, 1.165) is 16.2 Å². The second kappa shape index (κ2) is 5.19. The number of thiazole rings is 1. The summed E-state index contributed by atoms with van der Waals surface area (Å²) in [5.41, 5.74) is 4.01. The summed E-state index contributed by atoms with van der Waals surface area (Å²) in [7, 11) is 1.90. The Morgan fingerprint density at radius 1 is 1.35 bits per heavy atom. The smallest absolute Gasteiger partial charge is 0.183 e. The van der Waals surface area contributed by atoms with Crippen molar-refractivity contribution in [2.24, 2.45) is 0 Å². The molecule has 2 nitrogen and oxygen atoms in total. The van der Waals surface area contributed by atoms with Gasteiger partial charge >= 0.3 is 0 Å². The summed E-state index contributed by atoms with van der Waals surface area (Å²) in [4.78, 5) is 5.67. The van der Waals surface area contributed by atoms with Crippen LogP contribution in [0.25, 0.3) is 0 Å². The van der Waals surface area contributed by atoms with Crippen LogP contribution in [0.3, 0.4) is 0 Å². The molecule has 0 atom stereocenters.